The average molecular weight is 268 g/mol. The van der Waals surface area contributed by atoms with Gasteiger partial charge in [-0.25, -0.2) is 5.84 Å². The normalized spacial score (nSPS) is 10.5. The van der Waals surface area contributed by atoms with Gasteiger partial charge >= 0.3 is 5.91 Å². The Labute approximate surface area is 112 Å². The van der Waals surface area contributed by atoms with Crippen molar-refractivity contribution < 1.29 is 14.0 Å². The van der Waals surface area contributed by atoms with Gasteiger partial charge in [-0.1, -0.05) is 6.92 Å². The van der Waals surface area contributed by atoms with Crippen LogP contribution in [0.5, 0.6) is 0 Å². The third-order valence-corrected chi connectivity index (χ3v) is 2.58. The number of carbonyl (C=O) groups excluding carboxylic acids is 2. The van der Waals surface area contributed by atoms with E-state index in [0.29, 0.717) is 18.8 Å². The lowest BCUT2D eigenvalue weighted by Crippen LogP contribution is -2.35. The number of hydrazine groups is 1. The highest BCUT2D eigenvalue weighted by Gasteiger charge is 2.14. The molecule has 0 bridgehead atoms. The molecule has 0 radical (unpaired) electrons. The highest BCUT2D eigenvalue weighted by Crippen LogP contribution is 2.10. The molecule has 1 rings (SSSR count). The van der Waals surface area contributed by atoms with E-state index in [1.54, 1.807) is 19.2 Å². The van der Waals surface area contributed by atoms with E-state index < -0.39 is 5.91 Å². The van der Waals surface area contributed by atoms with Gasteiger partial charge in [-0.15, -0.1) is 0 Å². The van der Waals surface area contributed by atoms with E-state index in [-0.39, 0.29) is 11.7 Å². The molecule has 1 aromatic rings. The summed E-state index contributed by atoms with van der Waals surface area (Å²) in [6.45, 7) is 3.57. The Bertz CT molecular complexity index is 430. The molecule has 106 valence electrons. The smallest absolute Gasteiger partial charge is 0.300 e. The van der Waals surface area contributed by atoms with Crippen LogP contribution in [-0.4, -0.2) is 36.9 Å². The lowest BCUT2D eigenvalue weighted by atomic mass is 10.3. The molecule has 0 saturated heterocycles. The van der Waals surface area contributed by atoms with Crippen molar-refractivity contribution in [3.63, 3.8) is 0 Å². The molecule has 7 nitrogen and oxygen atoms in total. The van der Waals surface area contributed by atoms with Crippen molar-refractivity contribution in [3.8, 4) is 0 Å². The monoisotopic (exact) mass is 268 g/mol. The van der Waals surface area contributed by atoms with Gasteiger partial charge in [0.1, 0.15) is 5.76 Å². The minimum Gasteiger partial charge on any atom is -0.455 e. The van der Waals surface area contributed by atoms with Gasteiger partial charge in [-0.2, -0.15) is 0 Å². The average Bonchev–Trinajstić information content (AvgIpc) is 2.86. The summed E-state index contributed by atoms with van der Waals surface area (Å²) < 4.78 is 5.36. The van der Waals surface area contributed by atoms with Crippen molar-refractivity contribution in [2.24, 2.45) is 5.84 Å². The predicted octanol–water partition coefficient (Wildman–Crippen LogP) is -0.159. The SMILES string of the molecule is CCCN(CC(=O)NC)Cc1ccc(C(=O)NN)o1. The third kappa shape index (κ3) is 4.72. The second-order valence-corrected chi connectivity index (χ2v) is 4.12. The van der Waals surface area contributed by atoms with E-state index in [9.17, 15) is 9.59 Å². The fourth-order valence-corrected chi connectivity index (χ4v) is 1.69. The summed E-state index contributed by atoms with van der Waals surface area (Å²) >= 11 is 0. The van der Waals surface area contributed by atoms with Crippen LogP contribution < -0.4 is 16.6 Å². The van der Waals surface area contributed by atoms with Crippen LogP contribution in [-0.2, 0) is 11.3 Å². The van der Waals surface area contributed by atoms with Crippen molar-refractivity contribution in [1.29, 1.82) is 0 Å². The van der Waals surface area contributed by atoms with Gasteiger partial charge in [0.2, 0.25) is 5.91 Å². The lowest BCUT2D eigenvalue weighted by Gasteiger charge is -2.19. The van der Waals surface area contributed by atoms with Crippen LogP contribution in [0.3, 0.4) is 0 Å². The number of hydrogen-bond donors (Lipinski definition) is 3. The summed E-state index contributed by atoms with van der Waals surface area (Å²) in [6.07, 6.45) is 0.924. The summed E-state index contributed by atoms with van der Waals surface area (Å²) in [5, 5.41) is 2.58. The number of furan rings is 1. The molecule has 19 heavy (non-hydrogen) atoms. The highest BCUT2D eigenvalue weighted by atomic mass is 16.4. The summed E-state index contributed by atoms with van der Waals surface area (Å²) in [7, 11) is 1.60. The largest absolute Gasteiger partial charge is 0.455 e. The molecule has 0 aliphatic heterocycles. The first-order chi connectivity index (χ1) is 9.10. The number of nitrogen functional groups attached to an aromatic ring is 1. The first kappa shape index (κ1) is 15.2. The predicted molar refractivity (Wildman–Crippen MR) is 70.0 cm³/mol. The maximum absolute atomic E-state index is 11.4. The van der Waals surface area contributed by atoms with Crippen LogP contribution >= 0.6 is 0 Å². The Balaban J connectivity index is 2.65. The van der Waals surface area contributed by atoms with Gasteiger partial charge in [0, 0.05) is 7.05 Å². The van der Waals surface area contributed by atoms with Crippen LogP contribution in [0.2, 0.25) is 0 Å². The number of nitrogens with one attached hydrogen (secondary N) is 2. The van der Waals surface area contributed by atoms with Crippen LogP contribution in [0.1, 0.15) is 29.7 Å². The van der Waals surface area contributed by atoms with E-state index in [1.807, 2.05) is 17.2 Å². The van der Waals surface area contributed by atoms with Crippen LogP contribution in [0.25, 0.3) is 0 Å². The zero-order chi connectivity index (χ0) is 14.3. The summed E-state index contributed by atoms with van der Waals surface area (Å²) in [5.41, 5.74) is 2.00. The number of nitrogens with two attached hydrogens (primary N) is 1. The van der Waals surface area contributed by atoms with Crippen molar-refractivity contribution in [2.75, 3.05) is 20.1 Å². The van der Waals surface area contributed by atoms with Gasteiger partial charge < -0.3 is 9.73 Å². The third-order valence-electron chi connectivity index (χ3n) is 2.58. The van der Waals surface area contributed by atoms with E-state index in [0.717, 1.165) is 13.0 Å². The molecule has 2 amide bonds. The topological polar surface area (TPSA) is 101 Å². The Morgan fingerprint density at radius 3 is 2.74 bits per heavy atom. The van der Waals surface area contributed by atoms with Gasteiger partial charge in [0.05, 0.1) is 13.1 Å². The van der Waals surface area contributed by atoms with E-state index in [4.69, 9.17) is 10.3 Å². The Morgan fingerprint density at radius 1 is 1.42 bits per heavy atom. The molecule has 0 aliphatic rings. The molecule has 0 fully saturated rings. The molecular weight excluding hydrogens is 248 g/mol. The van der Waals surface area contributed by atoms with Crippen molar-refractivity contribution >= 4 is 11.8 Å². The van der Waals surface area contributed by atoms with E-state index >= 15 is 0 Å². The number of likely N-dealkylation sites (N-methyl/N-ethyl adjacent to an activating group) is 1. The zero-order valence-electron chi connectivity index (χ0n) is 11.2. The molecular formula is C12H20N4O3. The first-order valence-corrected chi connectivity index (χ1v) is 6.13. The number of carbonyl (C=O) groups is 2. The molecule has 1 aromatic heterocycles. The number of amides is 2. The molecule has 0 aliphatic carbocycles. The molecule has 0 saturated carbocycles. The molecule has 7 heteroatoms. The van der Waals surface area contributed by atoms with Crippen LogP contribution in [0, 0.1) is 0 Å². The quantitative estimate of drug-likeness (QED) is 0.362. The molecule has 0 unspecified atom stereocenters. The Morgan fingerprint density at radius 2 is 2.16 bits per heavy atom. The van der Waals surface area contributed by atoms with Crippen molar-refractivity contribution in [1.82, 2.24) is 15.6 Å². The lowest BCUT2D eigenvalue weighted by molar-refractivity contribution is -0.121. The van der Waals surface area contributed by atoms with Crippen molar-refractivity contribution in [2.45, 2.75) is 19.9 Å². The Hall–Kier alpha value is -1.86. The fraction of sp³-hybridized carbons (Fsp3) is 0.500. The first-order valence-electron chi connectivity index (χ1n) is 6.13. The van der Waals surface area contributed by atoms with Crippen LogP contribution in [0.4, 0.5) is 0 Å². The van der Waals surface area contributed by atoms with Gasteiger partial charge in [-0.3, -0.25) is 19.9 Å². The number of rotatable bonds is 7. The van der Waals surface area contributed by atoms with E-state index in [1.165, 1.54) is 0 Å². The molecule has 1 heterocycles. The summed E-state index contributed by atoms with van der Waals surface area (Å²) in [4.78, 5) is 24.6. The second-order valence-electron chi connectivity index (χ2n) is 4.12. The van der Waals surface area contributed by atoms with E-state index in [2.05, 4.69) is 5.32 Å². The summed E-state index contributed by atoms with van der Waals surface area (Å²) in [5.74, 6) is 5.28. The van der Waals surface area contributed by atoms with Gasteiger partial charge in [-0.05, 0) is 25.1 Å². The van der Waals surface area contributed by atoms with Crippen molar-refractivity contribution in [3.05, 3.63) is 23.7 Å². The highest BCUT2D eigenvalue weighted by molar-refractivity contribution is 5.90. The Kier molecular flexibility index (Phi) is 6.04. The minimum absolute atomic E-state index is 0.0556. The van der Waals surface area contributed by atoms with Gasteiger partial charge in [0.25, 0.3) is 0 Å². The molecule has 0 atom stereocenters. The second kappa shape index (κ2) is 7.55. The molecule has 0 aromatic carbocycles. The fourth-order valence-electron chi connectivity index (χ4n) is 1.69. The van der Waals surface area contributed by atoms with Gasteiger partial charge in [0.15, 0.2) is 5.76 Å². The standard InChI is InChI=1S/C12H20N4O3/c1-3-6-16(8-11(17)14-2)7-9-4-5-10(19-9)12(18)15-13/h4-5H,3,6-8,13H2,1-2H3,(H,14,17)(H,15,18). The summed E-state index contributed by atoms with van der Waals surface area (Å²) in [6, 6.07) is 3.26. The molecule has 4 N–H and O–H groups in total. The molecule has 0 spiro atoms. The minimum atomic E-state index is -0.473. The number of nitrogens with zero attached hydrogens (tertiary/aromatic N) is 1. The number of hydrogen-bond acceptors (Lipinski definition) is 5. The van der Waals surface area contributed by atoms with Crippen LogP contribution in [0.15, 0.2) is 16.5 Å². The maximum Gasteiger partial charge on any atom is 0.300 e. The zero-order valence-corrected chi connectivity index (χ0v) is 11.2. The maximum atomic E-state index is 11.4.